The van der Waals surface area contributed by atoms with Crippen molar-refractivity contribution in [3.05, 3.63) is 23.8 Å². The lowest BCUT2D eigenvalue weighted by Gasteiger charge is -2.24. The second-order valence-electron chi connectivity index (χ2n) is 3.85. The zero-order chi connectivity index (χ0) is 15.6. The lowest BCUT2D eigenvalue weighted by molar-refractivity contribution is -0.274. The van der Waals surface area contributed by atoms with Crippen LogP contribution in [0.5, 0.6) is 11.5 Å². The maximum absolute atomic E-state index is 13.3. The summed E-state index contributed by atoms with van der Waals surface area (Å²) in [7, 11) is 1.15. The standard InChI is InChI=1S/C11H12F5NO3.ClH/c1-19-8-3-2-6(20-11(14,15)16)4-7(8)9(17)10(12,13)5-18;/h2-4,9,18H,5,17H2,1H3;1H/t9-;/m1./s1. The average molecular weight is 338 g/mol. The Morgan fingerprint density at radius 3 is 2.24 bits per heavy atom. The Morgan fingerprint density at radius 2 is 1.81 bits per heavy atom. The number of benzene rings is 1. The molecular weight excluding hydrogens is 325 g/mol. The molecule has 0 spiro atoms. The van der Waals surface area contributed by atoms with Crippen molar-refractivity contribution >= 4 is 12.4 Å². The number of aliphatic hydroxyl groups is 1. The van der Waals surface area contributed by atoms with Gasteiger partial charge in [-0.3, -0.25) is 0 Å². The highest BCUT2D eigenvalue weighted by molar-refractivity contribution is 5.85. The zero-order valence-corrected chi connectivity index (χ0v) is 11.5. The van der Waals surface area contributed by atoms with Crippen LogP contribution in [0.25, 0.3) is 0 Å². The summed E-state index contributed by atoms with van der Waals surface area (Å²) in [5.74, 6) is -4.57. The molecule has 0 radical (unpaired) electrons. The number of aliphatic hydroxyl groups excluding tert-OH is 1. The summed E-state index contributed by atoms with van der Waals surface area (Å²) >= 11 is 0. The van der Waals surface area contributed by atoms with E-state index in [4.69, 9.17) is 15.6 Å². The molecular formula is C11H13ClF5NO3. The maximum Gasteiger partial charge on any atom is 0.573 e. The molecule has 0 unspecified atom stereocenters. The lowest BCUT2D eigenvalue weighted by Crippen LogP contribution is -2.36. The Hall–Kier alpha value is -1.32. The van der Waals surface area contributed by atoms with Crippen molar-refractivity contribution in [2.24, 2.45) is 5.73 Å². The van der Waals surface area contributed by atoms with Crippen molar-refractivity contribution in [2.75, 3.05) is 13.7 Å². The summed E-state index contributed by atoms with van der Waals surface area (Å²) in [4.78, 5) is 0. The molecule has 4 nitrogen and oxygen atoms in total. The molecule has 1 aromatic rings. The Balaban J connectivity index is 0.00000400. The number of methoxy groups -OCH3 is 1. The molecule has 10 heteroatoms. The van der Waals surface area contributed by atoms with Crippen LogP contribution in [0, 0.1) is 0 Å². The van der Waals surface area contributed by atoms with Gasteiger partial charge in [0.25, 0.3) is 5.92 Å². The van der Waals surface area contributed by atoms with Gasteiger partial charge in [-0.1, -0.05) is 0 Å². The highest BCUT2D eigenvalue weighted by Crippen LogP contribution is 2.37. The first kappa shape index (κ1) is 19.7. The smallest absolute Gasteiger partial charge is 0.496 e. The van der Waals surface area contributed by atoms with Crippen LogP contribution in [0.4, 0.5) is 22.0 Å². The first-order valence-corrected chi connectivity index (χ1v) is 5.28. The summed E-state index contributed by atoms with van der Waals surface area (Å²) in [5, 5.41) is 8.56. The molecule has 0 heterocycles. The van der Waals surface area contributed by atoms with Gasteiger partial charge in [0.2, 0.25) is 0 Å². The van der Waals surface area contributed by atoms with Crippen molar-refractivity contribution in [3.8, 4) is 11.5 Å². The van der Waals surface area contributed by atoms with Gasteiger partial charge in [-0.05, 0) is 18.2 Å². The van der Waals surface area contributed by atoms with Crippen LogP contribution in [0.1, 0.15) is 11.6 Å². The molecule has 0 fully saturated rings. The van der Waals surface area contributed by atoms with Crippen molar-refractivity contribution in [2.45, 2.75) is 18.3 Å². The Bertz CT molecular complexity index is 470. The van der Waals surface area contributed by atoms with Crippen molar-refractivity contribution in [1.29, 1.82) is 0 Å². The summed E-state index contributed by atoms with van der Waals surface area (Å²) in [6, 6.07) is 0.573. The lowest BCUT2D eigenvalue weighted by atomic mass is 10.0. The fourth-order valence-corrected chi connectivity index (χ4v) is 1.48. The molecule has 0 aliphatic rings. The number of hydrogen-bond acceptors (Lipinski definition) is 4. The minimum atomic E-state index is -4.96. The topological polar surface area (TPSA) is 64.7 Å². The van der Waals surface area contributed by atoms with E-state index in [-0.39, 0.29) is 18.2 Å². The molecule has 0 amide bonds. The fraction of sp³-hybridized carbons (Fsp3) is 0.455. The summed E-state index contributed by atoms with van der Waals surface area (Å²) in [6.07, 6.45) is -4.96. The number of rotatable bonds is 5. The van der Waals surface area contributed by atoms with Gasteiger partial charge in [0.15, 0.2) is 0 Å². The molecule has 122 valence electrons. The normalized spacial score (nSPS) is 13.3. The van der Waals surface area contributed by atoms with Crippen LogP contribution in [-0.4, -0.2) is 31.1 Å². The van der Waals surface area contributed by atoms with Gasteiger partial charge in [0, 0.05) is 5.56 Å². The fourth-order valence-electron chi connectivity index (χ4n) is 1.48. The van der Waals surface area contributed by atoms with Gasteiger partial charge >= 0.3 is 6.36 Å². The highest BCUT2D eigenvalue weighted by atomic mass is 35.5. The highest BCUT2D eigenvalue weighted by Gasteiger charge is 2.39. The minimum Gasteiger partial charge on any atom is -0.496 e. The first-order chi connectivity index (χ1) is 9.10. The van der Waals surface area contributed by atoms with Crippen LogP contribution in [-0.2, 0) is 0 Å². The van der Waals surface area contributed by atoms with E-state index in [0.29, 0.717) is 6.07 Å². The number of alkyl halides is 5. The van der Waals surface area contributed by atoms with Gasteiger partial charge < -0.3 is 20.3 Å². The zero-order valence-electron chi connectivity index (χ0n) is 10.7. The van der Waals surface area contributed by atoms with E-state index < -0.39 is 36.2 Å². The molecule has 0 saturated carbocycles. The van der Waals surface area contributed by atoms with Crippen molar-refractivity contribution in [1.82, 2.24) is 0 Å². The molecule has 21 heavy (non-hydrogen) atoms. The molecule has 1 rings (SSSR count). The maximum atomic E-state index is 13.3. The Labute approximate surface area is 123 Å². The number of ether oxygens (including phenoxy) is 2. The van der Waals surface area contributed by atoms with E-state index in [9.17, 15) is 22.0 Å². The van der Waals surface area contributed by atoms with E-state index in [1.165, 1.54) is 0 Å². The second kappa shape index (κ2) is 7.10. The van der Waals surface area contributed by atoms with Crippen LogP contribution in [0.3, 0.4) is 0 Å². The summed E-state index contributed by atoms with van der Waals surface area (Å²) in [6.45, 7) is -1.55. The van der Waals surface area contributed by atoms with Crippen molar-refractivity contribution in [3.63, 3.8) is 0 Å². The Kier molecular flexibility index (Phi) is 6.65. The quantitative estimate of drug-likeness (QED) is 0.811. The van der Waals surface area contributed by atoms with Gasteiger partial charge in [-0.2, -0.15) is 0 Å². The SMILES string of the molecule is COc1ccc(OC(F)(F)F)cc1[C@@H](N)C(F)(F)CO.Cl. The average Bonchev–Trinajstić information content (AvgIpc) is 2.35. The third-order valence-corrected chi connectivity index (χ3v) is 2.44. The molecule has 1 atom stereocenters. The van der Waals surface area contributed by atoms with E-state index in [2.05, 4.69) is 4.74 Å². The van der Waals surface area contributed by atoms with Gasteiger partial charge in [-0.15, -0.1) is 25.6 Å². The first-order valence-electron chi connectivity index (χ1n) is 5.28. The second-order valence-corrected chi connectivity index (χ2v) is 3.85. The molecule has 0 aliphatic carbocycles. The van der Waals surface area contributed by atoms with E-state index >= 15 is 0 Å². The van der Waals surface area contributed by atoms with E-state index in [1.54, 1.807) is 0 Å². The van der Waals surface area contributed by atoms with E-state index in [1.807, 2.05) is 0 Å². The molecule has 0 aromatic heterocycles. The van der Waals surface area contributed by atoms with Gasteiger partial charge in [-0.25, -0.2) is 8.78 Å². The van der Waals surface area contributed by atoms with Gasteiger partial charge in [0.1, 0.15) is 24.1 Å². The van der Waals surface area contributed by atoms with Crippen LogP contribution >= 0.6 is 12.4 Å². The molecule has 3 N–H and O–H groups in total. The van der Waals surface area contributed by atoms with Crippen molar-refractivity contribution < 1.29 is 36.5 Å². The summed E-state index contributed by atoms with van der Waals surface area (Å²) in [5.41, 5.74) is 4.86. The van der Waals surface area contributed by atoms with E-state index in [0.717, 1.165) is 19.2 Å². The van der Waals surface area contributed by atoms with Gasteiger partial charge in [0.05, 0.1) is 7.11 Å². The predicted molar refractivity (Wildman–Crippen MR) is 65.9 cm³/mol. The monoisotopic (exact) mass is 337 g/mol. The molecule has 1 aromatic carbocycles. The number of nitrogens with two attached hydrogens (primary N) is 1. The molecule has 0 bridgehead atoms. The predicted octanol–water partition coefficient (Wildman–Crippen LogP) is 2.64. The van der Waals surface area contributed by atoms with Crippen LogP contribution < -0.4 is 15.2 Å². The number of hydrogen-bond donors (Lipinski definition) is 2. The number of halogens is 6. The Morgan fingerprint density at radius 1 is 1.24 bits per heavy atom. The minimum absolute atomic E-state index is 0. The van der Waals surface area contributed by atoms with Crippen LogP contribution in [0.2, 0.25) is 0 Å². The third-order valence-electron chi connectivity index (χ3n) is 2.44. The third kappa shape index (κ3) is 5.18. The molecule has 0 saturated heterocycles. The van der Waals surface area contributed by atoms with Crippen LogP contribution in [0.15, 0.2) is 18.2 Å². The summed E-state index contributed by atoms with van der Waals surface area (Å²) < 4.78 is 71.3. The molecule has 0 aliphatic heterocycles. The largest absolute Gasteiger partial charge is 0.573 e.